The van der Waals surface area contributed by atoms with Gasteiger partial charge in [-0.25, -0.2) is 0 Å². The van der Waals surface area contributed by atoms with E-state index in [4.69, 9.17) is 0 Å². The lowest BCUT2D eigenvalue weighted by atomic mass is 10.1. The third-order valence-electron chi connectivity index (χ3n) is 3.63. The highest BCUT2D eigenvalue weighted by atomic mass is 16.2. The molecule has 0 saturated carbocycles. The summed E-state index contributed by atoms with van der Waals surface area (Å²) in [5, 5.41) is 6.25. The van der Waals surface area contributed by atoms with Crippen LogP contribution in [0.25, 0.3) is 0 Å². The molecule has 1 atom stereocenters. The number of rotatable bonds is 5. The SMILES string of the molecule is O=C1Nc2ccccc2C1NCCCc1ccccc1. The predicted molar refractivity (Wildman–Crippen MR) is 80.6 cm³/mol. The Morgan fingerprint density at radius 2 is 1.75 bits per heavy atom. The molecule has 2 N–H and O–H groups in total. The summed E-state index contributed by atoms with van der Waals surface area (Å²) in [4.78, 5) is 11.9. The Labute approximate surface area is 119 Å². The van der Waals surface area contributed by atoms with E-state index in [1.165, 1.54) is 5.56 Å². The maximum Gasteiger partial charge on any atom is 0.246 e. The third kappa shape index (κ3) is 2.73. The van der Waals surface area contributed by atoms with Gasteiger partial charge in [-0.05, 0) is 31.0 Å². The van der Waals surface area contributed by atoms with Crippen molar-refractivity contribution in [3.63, 3.8) is 0 Å². The van der Waals surface area contributed by atoms with Crippen molar-refractivity contribution in [3.05, 3.63) is 65.7 Å². The fourth-order valence-corrected chi connectivity index (χ4v) is 2.59. The number of hydrogen-bond acceptors (Lipinski definition) is 2. The van der Waals surface area contributed by atoms with E-state index in [1.54, 1.807) is 0 Å². The second-order valence-electron chi connectivity index (χ2n) is 5.05. The first kappa shape index (κ1) is 12.9. The first-order chi connectivity index (χ1) is 9.84. The van der Waals surface area contributed by atoms with Crippen LogP contribution in [0.15, 0.2) is 54.6 Å². The van der Waals surface area contributed by atoms with E-state index in [9.17, 15) is 4.79 Å². The molecule has 20 heavy (non-hydrogen) atoms. The van der Waals surface area contributed by atoms with Gasteiger partial charge in [0.05, 0.1) is 0 Å². The minimum absolute atomic E-state index is 0.0471. The number of aryl methyl sites for hydroxylation is 1. The molecule has 3 rings (SSSR count). The quantitative estimate of drug-likeness (QED) is 0.817. The van der Waals surface area contributed by atoms with Gasteiger partial charge in [0.25, 0.3) is 0 Å². The van der Waals surface area contributed by atoms with Crippen LogP contribution in [-0.2, 0) is 11.2 Å². The van der Waals surface area contributed by atoms with Gasteiger partial charge in [0.15, 0.2) is 0 Å². The lowest BCUT2D eigenvalue weighted by Crippen LogP contribution is -2.28. The number of nitrogens with one attached hydrogen (secondary N) is 2. The highest BCUT2D eigenvalue weighted by Gasteiger charge is 2.29. The van der Waals surface area contributed by atoms with Crippen LogP contribution in [0, 0.1) is 0 Å². The Kier molecular flexibility index (Phi) is 3.79. The Morgan fingerprint density at radius 3 is 2.60 bits per heavy atom. The van der Waals surface area contributed by atoms with Gasteiger partial charge >= 0.3 is 0 Å². The van der Waals surface area contributed by atoms with Crippen LogP contribution in [0.1, 0.15) is 23.6 Å². The van der Waals surface area contributed by atoms with E-state index in [0.29, 0.717) is 0 Å². The molecule has 3 heteroatoms. The number of fused-ring (bicyclic) bond motifs is 1. The summed E-state index contributed by atoms with van der Waals surface area (Å²) in [6, 6.07) is 18.1. The largest absolute Gasteiger partial charge is 0.324 e. The Hall–Kier alpha value is -2.13. The summed E-state index contributed by atoms with van der Waals surface area (Å²) < 4.78 is 0. The van der Waals surface area contributed by atoms with Crippen molar-refractivity contribution >= 4 is 11.6 Å². The molecule has 1 amide bonds. The van der Waals surface area contributed by atoms with Gasteiger partial charge in [-0.1, -0.05) is 48.5 Å². The molecule has 0 bridgehead atoms. The van der Waals surface area contributed by atoms with Gasteiger partial charge in [0, 0.05) is 11.3 Å². The van der Waals surface area contributed by atoms with Gasteiger partial charge in [0.1, 0.15) is 6.04 Å². The monoisotopic (exact) mass is 266 g/mol. The van der Waals surface area contributed by atoms with Crippen LogP contribution >= 0.6 is 0 Å². The molecular weight excluding hydrogens is 248 g/mol. The number of hydrogen-bond donors (Lipinski definition) is 2. The van der Waals surface area contributed by atoms with Gasteiger partial charge in [-0.15, -0.1) is 0 Å². The maximum atomic E-state index is 11.9. The van der Waals surface area contributed by atoms with Crippen molar-refractivity contribution in [1.82, 2.24) is 5.32 Å². The van der Waals surface area contributed by atoms with Crippen LogP contribution in [0.5, 0.6) is 0 Å². The van der Waals surface area contributed by atoms with Crippen molar-refractivity contribution in [1.29, 1.82) is 0 Å². The van der Waals surface area contributed by atoms with Crippen LogP contribution in [0.3, 0.4) is 0 Å². The zero-order chi connectivity index (χ0) is 13.8. The van der Waals surface area contributed by atoms with Gasteiger partial charge < -0.3 is 10.6 Å². The fourth-order valence-electron chi connectivity index (χ4n) is 2.59. The summed E-state index contributed by atoms with van der Waals surface area (Å²) in [7, 11) is 0. The molecule has 2 aromatic rings. The Balaban J connectivity index is 1.53. The van der Waals surface area contributed by atoms with Crippen molar-refractivity contribution in [2.24, 2.45) is 0 Å². The molecule has 1 aliphatic rings. The van der Waals surface area contributed by atoms with Gasteiger partial charge in [-0.2, -0.15) is 0 Å². The number of para-hydroxylation sites is 1. The molecule has 0 fully saturated rings. The number of benzene rings is 2. The minimum Gasteiger partial charge on any atom is -0.324 e. The zero-order valence-electron chi connectivity index (χ0n) is 11.3. The highest BCUT2D eigenvalue weighted by molar-refractivity contribution is 6.02. The Bertz CT molecular complexity index is 595. The number of carbonyl (C=O) groups excluding carboxylic acids is 1. The average molecular weight is 266 g/mol. The molecule has 102 valence electrons. The summed E-state index contributed by atoms with van der Waals surface area (Å²) >= 11 is 0. The zero-order valence-corrected chi connectivity index (χ0v) is 11.3. The van der Waals surface area contributed by atoms with Crippen LogP contribution in [-0.4, -0.2) is 12.5 Å². The molecule has 0 spiro atoms. The third-order valence-corrected chi connectivity index (χ3v) is 3.63. The van der Waals surface area contributed by atoms with E-state index >= 15 is 0 Å². The highest BCUT2D eigenvalue weighted by Crippen LogP contribution is 2.29. The summed E-state index contributed by atoms with van der Waals surface area (Å²) in [6.07, 6.45) is 2.06. The molecular formula is C17H18N2O. The van der Waals surface area contributed by atoms with E-state index in [-0.39, 0.29) is 11.9 Å². The van der Waals surface area contributed by atoms with Crippen LogP contribution in [0.2, 0.25) is 0 Å². The topological polar surface area (TPSA) is 41.1 Å². The first-order valence-corrected chi connectivity index (χ1v) is 7.02. The second kappa shape index (κ2) is 5.88. The lowest BCUT2D eigenvalue weighted by Gasteiger charge is -2.11. The number of amides is 1. The summed E-state index contributed by atoms with van der Waals surface area (Å²) in [5.41, 5.74) is 3.32. The lowest BCUT2D eigenvalue weighted by molar-refractivity contribution is -0.117. The average Bonchev–Trinajstić information content (AvgIpc) is 2.80. The van der Waals surface area contributed by atoms with Crippen LogP contribution in [0.4, 0.5) is 5.69 Å². The smallest absolute Gasteiger partial charge is 0.246 e. The van der Waals surface area contributed by atoms with E-state index < -0.39 is 0 Å². The number of anilines is 1. The predicted octanol–water partition coefficient (Wildman–Crippen LogP) is 2.90. The molecule has 1 unspecified atom stereocenters. The molecule has 0 saturated heterocycles. The van der Waals surface area contributed by atoms with Crippen molar-refractivity contribution in [2.45, 2.75) is 18.9 Å². The van der Waals surface area contributed by atoms with Gasteiger partial charge in [0.2, 0.25) is 5.91 Å². The van der Waals surface area contributed by atoms with Crippen molar-refractivity contribution in [3.8, 4) is 0 Å². The maximum absolute atomic E-state index is 11.9. The fraction of sp³-hybridized carbons (Fsp3) is 0.235. The Morgan fingerprint density at radius 1 is 1.00 bits per heavy atom. The summed E-state index contributed by atoms with van der Waals surface area (Å²) in [6.45, 7) is 0.835. The molecule has 1 aliphatic heterocycles. The molecule has 0 radical (unpaired) electrons. The standard InChI is InChI=1S/C17H18N2O/c20-17-16(14-10-4-5-11-15(14)19-17)18-12-6-9-13-7-2-1-3-8-13/h1-5,7-8,10-11,16,18H,6,9,12H2,(H,19,20). The van der Waals surface area contributed by atoms with Crippen molar-refractivity contribution < 1.29 is 4.79 Å². The molecule has 1 heterocycles. The van der Waals surface area contributed by atoms with E-state index in [1.807, 2.05) is 30.3 Å². The van der Waals surface area contributed by atoms with Crippen molar-refractivity contribution in [2.75, 3.05) is 11.9 Å². The molecule has 3 nitrogen and oxygen atoms in total. The molecule has 2 aromatic carbocycles. The minimum atomic E-state index is -0.207. The first-order valence-electron chi connectivity index (χ1n) is 7.02. The van der Waals surface area contributed by atoms with E-state index in [2.05, 4.69) is 34.9 Å². The summed E-state index contributed by atoms with van der Waals surface area (Å²) in [5.74, 6) is 0.0471. The normalized spacial score (nSPS) is 16.8. The number of carbonyl (C=O) groups is 1. The molecule has 0 aliphatic carbocycles. The molecule has 0 aromatic heterocycles. The second-order valence-corrected chi connectivity index (χ2v) is 5.05. The van der Waals surface area contributed by atoms with E-state index in [0.717, 1.165) is 30.6 Å². The van der Waals surface area contributed by atoms with Gasteiger partial charge in [-0.3, -0.25) is 4.79 Å². The van der Waals surface area contributed by atoms with Crippen LogP contribution < -0.4 is 10.6 Å².